The van der Waals surface area contributed by atoms with Gasteiger partial charge in [0.15, 0.2) is 5.57 Å². The summed E-state index contributed by atoms with van der Waals surface area (Å²) in [7, 11) is 0. The second-order valence-electron chi connectivity index (χ2n) is 4.47. The Morgan fingerprint density at radius 1 is 1.13 bits per heavy atom. The predicted octanol–water partition coefficient (Wildman–Crippen LogP) is 3.86. The van der Waals surface area contributed by atoms with Gasteiger partial charge in [0.2, 0.25) is 0 Å². The maximum Gasteiger partial charge on any atom is 0.350 e. The van der Waals surface area contributed by atoms with Crippen molar-refractivity contribution in [1.29, 1.82) is 5.26 Å². The molecular formula is C18H16N2O3. The molecule has 0 saturated heterocycles. The molecule has 2 rings (SSSR count). The van der Waals surface area contributed by atoms with Crippen molar-refractivity contribution in [3.8, 4) is 17.6 Å². The zero-order valence-electron chi connectivity index (χ0n) is 12.7. The first-order valence-electron chi connectivity index (χ1n) is 7.10. The Balaban J connectivity index is 2.00. The largest absolute Gasteiger partial charge is 0.462 e. The number of benzene rings is 2. The van der Waals surface area contributed by atoms with Gasteiger partial charge in [0.05, 0.1) is 6.61 Å². The van der Waals surface area contributed by atoms with Crippen molar-refractivity contribution in [2.45, 2.75) is 6.92 Å². The summed E-state index contributed by atoms with van der Waals surface area (Å²) in [6.07, 6.45) is 1.32. The molecule has 0 unspecified atom stereocenters. The van der Waals surface area contributed by atoms with Crippen LogP contribution in [0.3, 0.4) is 0 Å². The molecule has 0 fully saturated rings. The highest BCUT2D eigenvalue weighted by Gasteiger charge is 2.09. The Morgan fingerprint density at radius 3 is 2.39 bits per heavy atom. The first-order valence-corrected chi connectivity index (χ1v) is 7.10. The summed E-state index contributed by atoms with van der Waals surface area (Å²) < 4.78 is 10.5. The van der Waals surface area contributed by atoms with Gasteiger partial charge in [-0.15, -0.1) is 0 Å². The van der Waals surface area contributed by atoms with Gasteiger partial charge in [-0.3, -0.25) is 0 Å². The van der Waals surface area contributed by atoms with Crippen LogP contribution in [0.25, 0.3) is 0 Å². The SMILES string of the molecule is CCOC(=O)/C(C#N)=C/Nc1ccc(Oc2ccccc2)cc1. The summed E-state index contributed by atoms with van der Waals surface area (Å²) in [5.41, 5.74) is 0.638. The fraction of sp³-hybridized carbons (Fsp3) is 0.111. The third-order valence-electron chi connectivity index (χ3n) is 2.83. The molecule has 23 heavy (non-hydrogen) atoms. The number of hydrogen-bond donors (Lipinski definition) is 1. The number of nitrogens with one attached hydrogen (secondary N) is 1. The van der Waals surface area contributed by atoms with Crippen molar-refractivity contribution in [1.82, 2.24) is 0 Å². The van der Waals surface area contributed by atoms with Crippen LogP contribution in [0.15, 0.2) is 66.4 Å². The molecule has 2 aromatic rings. The van der Waals surface area contributed by atoms with Crippen LogP contribution < -0.4 is 10.1 Å². The number of nitrogens with zero attached hydrogens (tertiary/aromatic N) is 1. The van der Waals surface area contributed by atoms with E-state index in [0.717, 1.165) is 11.4 Å². The summed E-state index contributed by atoms with van der Waals surface area (Å²) in [4.78, 5) is 11.5. The van der Waals surface area contributed by atoms with Gasteiger partial charge < -0.3 is 14.8 Å². The molecule has 0 heterocycles. The minimum Gasteiger partial charge on any atom is -0.462 e. The lowest BCUT2D eigenvalue weighted by Crippen LogP contribution is -2.07. The van der Waals surface area contributed by atoms with Gasteiger partial charge in [-0.2, -0.15) is 5.26 Å². The molecule has 0 aliphatic carbocycles. The third kappa shape index (κ3) is 4.90. The molecule has 1 N–H and O–H groups in total. The van der Waals surface area contributed by atoms with E-state index in [2.05, 4.69) is 5.32 Å². The van der Waals surface area contributed by atoms with Crippen molar-refractivity contribution < 1.29 is 14.3 Å². The molecular weight excluding hydrogens is 292 g/mol. The molecule has 0 aliphatic heterocycles. The van der Waals surface area contributed by atoms with Crippen LogP contribution in [0, 0.1) is 11.3 Å². The second-order valence-corrected chi connectivity index (χ2v) is 4.47. The van der Waals surface area contributed by atoms with Crippen molar-refractivity contribution >= 4 is 11.7 Å². The minimum atomic E-state index is -0.647. The molecule has 0 aromatic heterocycles. The maximum absolute atomic E-state index is 11.5. The van der Waals surface area contributed by atoms with E-state index in [1.807, 2.05) is 30.3 Å². The smallest absolute Gasteiger partial charge is 0.350 e. The van der Waals surface area contributed by atoms with Crippen LogP contribution >= 0.6 is 0 Å². The lowest BCUT2D eigenvalue weighted by molar-refractivity contribution is -0.138. The summed E-state index contributed by atoms with van der Waals surface area (Å²) in [5, 5.41) is 11.8. The molecule has 116 valence electrons. The second kappa shape index (κ2) is 8.25. The lowest BCUT2D eigenvalue weighted by atomic mass is 10.3. The first-order chi connectivity index (χ1) is 11.2. The maximum atomic E-state index is 11.5. The minimum absolute atomic E-state index is 0.0866. The van der Waals surface area contributed by atoms with E-state index in [0.29, 0.717) is 5.75 Å². The van der Waals surface area contributed by atoms with E-state index in [1.54, 1.807) is 37.3 Å². The highest BCUT2D eigenvalue weighted by molar-refractivity contribution is 5.93. The number of anilines is 1. The number of ether oxygens (including phenoxy) is 2. The van der Waals surface area contributed by atoms with Crippen molar-refractivity contribution in [3.05, 3.63) is 66.4 Å². The fourth-order valence-electron chi connectivity index (χ4n) is 1.75. The van der Waals surface area contributed by atoms with E-state index >= 15 is 0 Å². The van der Waals surface area contributed by atoms with Gasteiger partial charge in [-0.25, -0.2) is 4.79 Å². The van der Waals surface area contributed by atoms with Crippen molar-refractivity contribution in [2.24, 2.45) is 0 Å². The van der Waals surface area contributed by atoms with Crippen LogP contribution in [0.5, 0.6) is 11.5 Å². The van der Waals surface area contributed by atoms with E-state index in [-0.39, 0.29) is 12.2 Å². The summed E-state index contributed by atoms with van der Waals surface area (Å²) in [6.45, 7) is 1.91. The molecule has 0 amide bonds. The number of para-hydroxylation sites is 1. The van der Waals surface area contributed by atoms with Crippen LogP contribution in [0.1, 0.15) is 6.92 Å². The number of rotatable bonds is 6. The highest BCUT2D eigenvalue weighted by atomic mass is 16.5. The molecule has 0 spiro atoms. The molecule has 0 radical (unpaired) electrons. The lowest BCUT2D eigenvalue weighted by Gasteiger charge is -2.07. The molecule has 0 aliphatic rings. The Labute approximate surface area is 134 Å². The quantitative estimate of drug-likeness (QED) is 0.498. The number of hydrogen-bond acceptors (Lipinski definition) is 5. The van der Waals surface area contributed by atoms with E-state index in [4.69, 9.17) is 14.7 Å². The summed E-state index contributed by atoms with van der Waals surface area (Å²) >= 11 is 0. The number of carbonyl (C=O) groups excluding carboxylic acids is 1. The molecule has 5 heteroatoms. The molecule has 5 nitrogen and oxygen atoms in total. The van der Waals surface area contributed by atoms with Crippen LogP contribution in [0.2, 0.25) is 0 Å². The number of esters is 1. The average molecular weight is 308 g/mol. The molecule has 2 aromatic carbocycles. The first kappa shape index (κ1) is 16.1. The van der Waals surface area contributed by atoms with Gasteiger partial charge >= 0.3 is 5.97 Å². The monoisotopic (exact) mass is 308 g/mol. The van der Waals surface area contributed by atoms with Crippen molar-refractivity contribution in [3.63, 3.8) is 0 Å². The van der Waals surface area contributed by atoms with Crippen LogP contribution in [0.4, 0.5) is 5.69 Å². The zero-order chi connectivity index (χ0) is 16.5. The van der Waals surface area contributed by atoms with Gasteiger partial charge in [0, 0.05) is 11.9 Å². The van der Waals surface area contributed by atoms with Gasteiger partial charge in [0.25, 0.3) is 0 Å². The Morgan fingerprint density at radius 2 is 1.78 bits per heavy atom. The molecule has 0 bridgehead atoms. The Bertz CT molecular complexity index is 716. The Hall–Kier alpha value is -3.26. The van der Waals surface area contributed by atoms with E-state index < -0.39 is 5.97 Å². The van der Waals surface area contributed by atoms with E-state index in [1.165, 1.54) is 6.20 Å². The third-order valence-corrected chi connectivity index (χ3v) is 2.83. The van der Waals surface area contributed by atoms with Crippen LogP contribution in [-0.4, -0.2) is 12.6 Å². The zero-order valence-corrected chi connectivity index (χ0v) is 12.7. The summed E-state index contributed by atoms with van der Waals surface area (Å²) in [6, 6.07) is 18.4. The Kier molecular flexibility index (Phi) is 5.78. The van der Waals surface area contributed by atoms with E-state index in [9.17, 15) is 4.79 Å². The standard InChI is InChI=1S/C18H16N2O3/c1-2-22-18(21)14(12-19)13-20-15-8-10-17(11-9-15)23-16-6-4-3-5-7-16/h3-11,13,20H,2H2,1H3/b14-13+. The number of carbonyl (C=O) groups is 1. The highest BCUT2D eigenvalue weighted by Crippen LogP contribution is 2.22. The molecule has 0 atom stereocenters. The normalized spacial score (nSPS) is 10.5. The molecule has 0 saturated carbocycles. The predicted molar refractivity (Wildman–Crippen MR) is 86.9 cm³/mol. The topological polar surface area (TPSA) is 71.4 Å². The fourth-order valence-corrected chi connectivity index (χ4v) is 1.75. The number of nitriles is 1. The van der Waals surface area contributed by atoms with Gasteiger partial charge in [0.1, 0.15) is 17.6 Å². The van der Waals surface area contributed by atoms with Crippen LogP contribution in [-0.2, 0) is 9.53 Å². The van der Waals surface area contributed by atoms with Gasteiger partial charge in [-0.1, -0.05) is 18.2 Å². The average Bonchev–Trinajstić information content (AvgIpc) is 2.58. The van der Waals surface area contributed by atoms with Crippen molar-refractivity contribution in [2.75, 3.05) is 11.9 Å². The summed E-state index contributed by atoms with van der Waals surface area (Å²) in [5.74, 6) is 0.797. The van der Waals surface area contributed by atoms with Gasteiger partial charge in [-0.05, 0) is 43.3 Å².